The maximum Gasteiger partial charge on any atom is 0.326 e. The highest BCUT2D eigenvalue weighted by atomic mass is 79.9. The van der Waals surface area contributed by atoms with E-state index in [1.165, 1.54) is 0 Å². The molecule has 0 saturated carbocycles. The maximum absolute atomic E-state index is 12.6. The first-order valence-electron chi connectivity index (χ1n) is 7.31. The van der Waals surface area contributed by atoms with Crippen LogP contribution in [0.3, 0.4) is 0 Å². The van der Waals surface area contributed by atoms with Crippen molar-refractivity contribution < 1.29 is 14.3 Å². The standard InChI is InChI=1S/C17H19BrN2O3/c1-12(2)23-14-8-6-13(7-9-14)17(3)15(21)20(16(22)19-17)11-5-4-10-18/h6-9,12H,10-11H2,1-3H3,(H,19,22). The van der Waals surface area contributed by atoms with Crippen LogP contribution in [0.4, 0.5) is 4.79 Å². The third kappa shape index (κ3) is 3.67. The first kappa shape index (κ1) is 17.4. The molecule has 1 aliphatic heterocycles. The summed E-state index contributed by atoms with van der Waals surface area (Å²) in [6.45, 7) is 5.67. The minimum absolute atomic E-state index is 0.0766. The molecule has 1 aromatic rings. The van der Waals surface area contributed by atoms with Gasteiger partial charge in [0.05, 0.1) is 18.0 Å². The highest BCUT2D eigenvalue weighted by molar-refractivity contribution is 9.09. The number of benzene rings is 1. The van der Waals surface area contributed by atoms with E-state index in [0.29, 0.717) is 10.9 Å². The fraction of sp³-hybridized carbons (Fsp3) is 0.412. The van der Waals surface area contributed by atoms with Crippen LogP contribution in [0.25, 0.3) is 0 Å². The van der Waals surface area contributed by atoms with E-state index in [0.717, 1.165) is 10.6 Å². The zero-order valence-corrected chi connectivity index (χ0v) is 14.9. The van der Waals surface area contributed by atoms with Gasteiger partial charge in [0.1, 0.15) is 11.3 Å². The quantitative estimate of drug-likeness (QED) is 0.497. The van der Waals surface area contributed by atoms with E-state index in [4.69, 9.17) is 4.74 Å². The van der Waals surface area contributed by atoms with Crippen LogP contribution in [0.15, 0.2) is 24.3 Å². The van der Waals surface area contributed by atoms with Crippen molar-refractivity contribution in [3.8, 4) is 17.6 Å². The Morgan fingerprint density at radius 2 is 1.91 bits per heavy atom. The highest BCUT2D eigenvalue weighted by Gasteiger charge is 2.48. The van der Waals surface area contributed by atoms with E-state index < -0.39 is 11.6 Å². The summed E-state index contributed by atoms with van der Waals surface area (Å²) < 4.78 is 5.59. The van der Waals surface area contributed by atoms with Crippen LogP contribution in [-0.2, 0) is 10.3 Å². The number of halogens is 1. The van der Waals surface area contributed by atoms with Gasteiger partial charge < -0.3 is 10.1 Å². The molecule has 1 aliphatic rings. The Bertz CT molecular complexity index is 661. The summed E-state index contributed by atoms with van der Waals surface area (Å²) >= 11 is 3.18. The Morgan fingerprint density at radius 3 is 2.48 bits per heavy atom. The Balaban J connectivity index is 2.21. The molecule has 0 bridgehead atoms. The third-order valence-corrected chi connectivity index (χ3v) is 3.79. The number of alkyl halides is 1. The molecule has 0 spiro atoms. The number of carbonyl (C=O) groups excluding carboxylic acids is 2. The van der Waals surface area contributed by atoms with Crippen molar-refractivity contribution in [2.75, 3.05) is 11.9 Å². The fourth-order valence-corrected chi connectivity index (χ4v) is 2.56. The molecule has 0 aliphatic carbocycles. The normalized spacial score (nSPS) is 20.3. The lowest BCUT2D eigenvalue weighted by Crippen LogP contribution is -2.40. The van der Waals surface area contributed by atoms with E-state index in [1.807, 2.05) is 13.8 Å². The zero-order valence-electron chi connectivity index (χ0n) is 13.4. The Kier molecular flexibility index (Phi) is 5.32. The van der Waals surface area contributed by atoms with Crippen LogP contribution in [0, 0.1) is 11.8 Å². The monoisotopic (exact) mass is 378 g/mol. The number of hydrogen-bond acceptors (Lipinski definition) is 3. The predicted octanol–water partition coefficient (Wildman–Crippen LogP) is 2.64. The third-order valence-electron chi connectivity index (χ3n) is 3.51. The average molecular weight is 379 g/mol. The zero-order chi connectivity index (χ0) is 17.0. The van der Waals surface area contributed by atoms with Crippen LogP contribution >= 0.6 is 15.9 Å². The van der Waals surface area contributed by atoms with Gasteiger partial charge in [0.15, 0.2) is 0 Å². The van der Waals surface area contributed by atoms with Gasteiger partial charge in [-0.25, -0.2) is 4.79 Å². The number of urea groups is 1. The van der Waals surface area contributed by atoms with Gasteiger partial charge in [-0.05, 0) is 38.5 Å². The van der Waals surface area contributed by atoms with Gasteiger partial charge in [-0.3, -0.25) is 9.69 Å². The molecule has 1 unspecified atom stereocenters. The summed E-state index contributed by atoms with van der Waals surface area (Å²) in [6, 6.07) is 6.76. The second-order valence-corrected chi connectivity index (χ2v) is 6.19. The summed E-state index contributed by atoms with van der Waals surface area (Å²) in [6.07, 6.45) is 0.0766. The van der Waals surface area contributed by atoms with Gasteiger partial charge in [-0.2, -0.15) is 0 Å². The molecule has 1 atom stereocenters. The number of nitrogens with one attached hydrogen (secondary N) is 1. The van der Waals surface area contributed by atoms with Gasteiger partial charge >= 0.3 is 6.03 Å². The summed E-state index contributed by atoms with van der Waals surface area (Å²) in [5.74, 6) is 5.99. The lowest BCUT2D eigenvalue weighted by molar-refractivity contribution is -0.130. The van der Waals surface area contributed by atoms with E-state index in [9.17, 15) is 9.59 Å². The molecule has 122 valence electrons. The number of hydrogen-bond donors (Lipinski definition) is 1. The average Bonchev–Trinajstić information content (AvgIpc) is 2.71. The largest absolute Gasteiger partial charge is 0.491 e. The van der Waals surface area contributed by atoms with Crippen molar-refractivity contribution in [1.29, 1.82) is 0 Å². The molecular weight excluding hydrogens is 360 g/mol. The molecule has 1 heterocycles. The van der Waals surface area contributed by atoms with Crippen molar-refractivity contribution in [3.63, 3.8) is 0 Å². The highest BCUT2D eigenvalue weighted by Crippen LogP contribution is 2.30. The van der Waals surface area contributed by atoms with Gasteiger partial charge in [-0.1, -0.05) is 39.9 Å². The van der Waals surface area contributed by atoms with Gasteiger partial charge in [0.2, 0.25) is 0 Å². The van der Waals surface area contributed by atoms with Crippen molar-refractivity contribution >= 4 is 27.9 Å². The Labute approximate surface area is 144 Å². The molecule has 3 amide bonds. The number of carbonyl (C=O) groups is 2. The second kappa shape index (κ2) is 7.05. The van der Waals surface area contributed by atoms with E-state index in [2.05, 4.69) is 33.1 Å². The summed E-state index contributed by atoms with van der Waals surface area (Å²) in [5, 5.41) is 3.26. The number of imide groups is 1. The molecule has 2 rings (SSSR count). The topological polar surface area (TPSA) is 58.6 Å². The van der Waals surface area contributed by atoms with Gasteiger partial charge in [-0.15, -0.1) is 0 Å². The molecular formula is C17H19BrN2O3. The molecule has 0 aromatic heterocycles. The number of rotatable bonds is 4. The van der Waals surface area contributed by atoms with E-state index >= 15 is 0 Å². The molecule has 1 fully saturated rings. The van der Waals surface area contributed by atoms with Crippen LogP contribution < -0.4 is 10.1 Å². The lowest BCUT2D eigenvalue weighted by atomic mass is 9.92. The van der Waals surface area contributed by atoms with Crippen LogP contribution in [0.1, 0.15) is 26.3 Å². The van der Waals surface area contributed by atoms with Crippen LogP contribution in [0.2, 0.25) is 0 Å². The first-order valence-corrected chi connectivity index (χ1v) is 8.43. The summed E-state index contributed by atoms with van der Waals surface area (Å²) in [4.78, 5) is 25.8. The van der Waals surface area contributed by atoms with Crippen molar-refractivity contribution in [3.05, 3.63) is 29.8 Å². The Morgan fingerprint density at radius 1 is 1.26 bits per heavy atom. The fourth-order valence-electron chi connectivity index (χ4n) is 2.36. The first-order chi connectivity index (χ1) is 10.9. The van der Waals surface area contributed by atoms with Gasteiger partial charge in [0, 0.05) is 0 Å². The summed E-state index contributed by atoms with van der Waals surface area (Å²) in [7, 11) is 0. The predicted molar refractivity (Wildman–Crippen MR) is 91.4 cm³/mol. The molecule has 1 aromatic carbocycles. The molecule has 6 heteroatoms. The van der Waals surface area contributed by atoms with Crippen molar-refractivity contribution in [1.82, 2.24) is 10.2 Å². The van der Waals surface area contributed by atoms with Gasteiger partial charge in [0.25, 0.3) is 5.91 Å². The van der Waals surface area contributed by atoms with Crippen LogP contribution in [-0.4, -0.2) is 34.8 Å². The second-order valence-electron chi connectivity index (χ2n) is 5.62. The molecule has 23 heavy (non-hydrogen) atoms. The Hall–Kier alpha value is -2.00. The van der Waals surface area contributed by atoms with E-state index in [-0.39, 0.29) is 18.6 Å². The van der Waals surface area contributed by atoms with Crippen LogP contribution in [0.5, 0.6) is 5.75 Å². The maximum atomic E-state index is 12.6. The van der Waals surface area contributed by atoms with E-state index in [1.54, 1.807) is 31.2 Å². The number of nitrogens with zero attached hydrogens (tertiary/aromatic N) is 1. The molecule has 0 radical (unpaired) electrons. The molecule has 1 saturated heterocycles. The van der Waals surface area contributed by atoms with Crippen molar-refractivity contribution in [2.45, 2.75) is 32.4 Å². The SMILES string of the molecule is CC(C)Oc1ccc(C2(C)NC(=O)N(CC#CCBr)C2=O)cc1. The lowest BCUT2D eigenvalue weighted by Gasteiger charge is -2.22. The number of amides is 3. The minimum Gasteiger partial charge on any atom is -0.491 e. The number of ether oxygens (including phenoxy) is 1. The minimum atomic E-state index is -1.08. The van der Waals surface area contributed by atoms with Crippen molar-refractivity contribution in [2.24, 2.45) is 0 Å². The molecule has 1 N–H and O–H groups in total. The smallest absolute Gasteiger partial charge is 0.326 e. The molecule has 5 nitrogen and oxygen atoms in total. The summed E-state index contributed by atoms with van der Waals surface area (Å²) in [5.41, 5.74) is -0.369.